The van der Waals surface area contributed by atoms with E-state index >= 15 is 0 Å². The predicted molar refractivity (Wildman–Crippen MR) is 165 cm³/mol. The van der Waals surface area contributed by atoms with Crippen molar-refractivity contribution in [1.82, 2.24) is 14.9 Å². The fourth-order valence-corrected chi connectivity index (χ4v) is 6.20. The van der Waals surface area contributed by atoms with E-state index in [9.17, 15) is 18.0 Å². The molecule has 5 rings (SSSR count). The molecular weight excluding hydrogens is 586 g/mol. The Bertz CT molecular complexity index is 1610. The van der Waals surface area contributed by atoms with Crippen LogP contribution in [0.25, 0.3) is 0 Å². The van der Waals surface area contributed by atoms with Crippen LogP contribution in [-0.2, 0) is 45.5 Å². The van der Waals surface area contributed by atoms with Crippen molar-refractivity contribution in [2.75, 3.05) is 0 Å². The molecule has 1 aliphatic rings. The van der Waals surface area contributed by atoms with Gasteiger partial charge in [0, 0.05) is 30.5 Å². The second-order valence-electron chi connectivity index (χ2n) is 10.7. The minimum absolute atomic E-state index is 0.0223. The molecule has 0 aliphatic heterocycles. The van der Waals surface area contributed by atoms with Gasteiger partial charge in [0.1, 0.15) is 11.8 Å². The van der Waals surface area contributed by atoms with Crippen molar-refractivity contribution in [2.45, 2.75) is 62.2 Å². The summed E-state index contributed by atoms with van der Waals surface area (Å²) in [4.78, 5) is 29.4. The number of hydrogen-bond acceptors (Lipinski definition) is 5. The number of carbonyl (C=O) groups is 2. The average molecular weight is 620 g/mol. The van der Waals surface area contributed by atoms with Crippen molar-refractivity contribution in [2.24, 2.45) is 0 Å². The van der Waals surface area contributed by atoms with E-state index in [1.165, 1.54) is 0 Å². The van der Waals surface area contributed by atoms with Crippen LogP contribution in [0.5, 0.6) is 0 Å². The lowest BCUT2D eigenvalue weighted by Crippen LogP contribution is -2.50. The molecule has 2 amide bonds. The van der Waals surface area contributed by atoms with E-state index in [0.717, 1.165) is 29.5 Å². The molecule has 8 nitrogen and oxygen atoms in total. The minimum atomic E-state index is -3.55. The number of aryl methyl sites for hydroxylation is 1. The van der Waals surface area contributed by atoms with Crippen molar-refractivity contribution in [3.8, 4) is 0 Å². The highest BCUT2D eigenvalue weighted by atomic mass is 35.5. The van der Waals surface area contributed by atoms with Crippen LogP contribution in [0.3, 0.4) is 0 Å². The monoisotopic (exact) mass is 619 g/mol. The maximum absolute atomic E-state index is 13.9. The lowest BCUT2D eigenvalue weighted by Gasteiger charge is -2.31. The molecular formula is C33H34ClN3O5S. The van der Waals surface area contributed by atoms with Crippen LogP contribution in [0.4, 0.5) is 0 Å². The van der Waals surface area contributed by atoms with E-state index in [-0.39, 0.29) is 42.3 Å². The summed E-state index contributed by atoms with van der Waals surface area (Å²) in [5.41, 5.74) is 2.59. The molecule has 1 aromatic heterocycles. The number of amides is 2. The average Bonchev–Trinajstić information content (AvgIpc) is 3.66. The summed E-state index contributed by atoms with van der Waals surface area (Å²) >= 11 is 6.11. The Hall–Kier alpha value is -3.92. The van der Waals surface area contributed by atoms with Gasteiger partial charge in [-0.05, 0) is 72.4 Å². The Balaban J connectivity index is 1.35. The molecule has 1 saturated carbocycles. The first-order valence-corrected chi connectivity index (χ1v) is 16.1. The highest BCUT2D eigenvalue weighted by Gasteiger charge is 2.31. The summed E-state index contributed by atoms with van der Waals surface area (Å²) in [7, 11) is -3.55. The number of rotatable bonds is 14. The van der Waals surface area contributed by atoms with Crippen LogP contribution in [0.2, 0.25) is 5.02 Å². The molecule has 0 saturated heterocycles. The molecule has 10 heteroatoms. The highest BCUT2D eigenvalue weighted by molar-refractivity contribution is 7.89. The van der Waals surface area contributed by atoms with Gasteiger partial charge in [0.25, 0.3) is 0 Å². The van der Waals surface area contributed by atoms with Crippen molar-refractivity contribution >= 4 is 33.4 Å². The van der Waals surface area contributed by atoms with Crippen molar-refractivity contribution in [3.05, 3.63) is 125 Å². The van der Waals surface area contributed by atoms with E-state index in [1.807, 2.05) is 42.5 Å². The quantitative estimate of drug-likeness (QED) is 0.200. The van der Waals surface area contributed by atoms with Gasteiger partial charge >= 0.3 is 0 Å². The van der Waals surface area contributed by atoms with Gasteiger partial charge in [0.15, 0.2) is 0 Å². The summed E-state index contributed by atoms with van der Waals surface area (Å²) < 4.78 is 33.1. The molecule has 224 valence electrons. The highest BCUT2D eigenvalue weighted by Crippen LogP contribution is 2.23. The number of nitrogens with zero attached hydrogens (tertiary/aromatic N) is 1. The van der Waals surface area contributed by atoms with E-state index in [2.05, 4.69) is 10.0 Å². The van der Waals surface area contributed by atoms with Crippen LogP contribution in [0.1, 0.15) is 41.7 Å². The molecule has 3 aromatic carbocycles. The normalized spacial score (nSPS) is 13.8. The number of furan rings is 1. The Morgan fingerprint density at radius 3 is 2.23 bits per heavy atom. The van der Waals surface area contributed by atoms with Crippen LogP contribution < -0.4 is 10.0 Å². The third-order valence-corrected chi connectivity index (χ3v) is 9.10. The summed E-state index contributed by atoms with van der Waals surface area (Å²) in [6, 6.07) is 26.2. The maximum Gasteiger partial charge on any atom is 0.243 e. The topological polar surface area (TPSA) is 109 Å². The zero-order valence-electron chi connectivity index (χ0n) is 23.6. The number of nitrogens with one attached hydrogen (secondary N) is 2. The van der Waals surface area contributed by atoms with Gasteiger partial charge in [-0.25, -0.2) is 13.1 Å². The lowest BCUT2D eigenvalue weighted by atomic mass is 10.0. The first-order chi connectivity index (χ1) is 20.8. The molecule has 1 aliphatic carbocycles. The predicted octanol–water partition coefficient (Wildman–Crippen LogP) is 5.26. The Kier molecular flexibility index (Phi) is 9.97. The maximum atomic E-state index is 13.9. The van der Waals surface area contributed by atoms with Gasteiger partial charge in [0.05, 0.1) is 17.7 Å². The molecule has 1 fully saturated rings. The molecule has 1 heterocycles. The van der Waals surface area contributed by atoms with Gasteiger partial charge in [-0.15, -0.1) is 0 Å². The van der Waals surface area contributed by atoms with Gasteiger partial charge in [-0.2, -0.15) is 0 Å². The Labute approximate surface area is 257 Å². The zero-order valence-corrected chi connectivity index (χ0v) is 25.2. The van der Waals surface area contributed by atoms with Crippen LogP contribution in [0.15, 0.2) is 107 Å². The van der Waals surface area contributed by atoms with Gasteiger partial charge < -0.3 is 14.6 Å². The largest absolute Gasteiger partial charge is 0.467 e. The first kappa shape index (κ1) is 30.5. The standard InChI is InChI=1S/C33H34ClN3O5S/c34-27-13-8-26(9-14-27)23-37(31(21-25-5-2-1-3-6-25)33(39)35-22-29-7-4-20-42-29)32(38)19-12-24-10-17-30(18-11-24)43(40,41)36-28-15-16-28/h1-11,13-14,17-18,20,28,31,36H,12,15-16,19,21-23H2,(H,35,39). The van der Waals surface area contributed by atoms with E-state index in [4.69, 9.17) is 16.0 Å². The summed E-state index contributed by atoms with van der Waals surface area (Å²) in [6.45, 7) is 0.413. The summed E-state index contributed by atoms with van der Waals surface area (Å²) in [5.74, 6) is 0.122. The Morgan fingerprint density at radius 1 is 0.884 bits per heavy atom. The van der Waals surface area contributed by atoms with E-state index in [0.29, 0.717) is 23.6 Å². The van der Waals surface area contributed by atoms with E-state index in [1.54, 1.807) is 59.7 Å². The third-order valence-electron chi connectivity index (χ3n) is 7.31. The second-order valence-corrected chi connectivity index (χ2v) is 12.8. The van der Waals surface area contributed by atoms with Crippen LogP contribution in [0, 0.1) is 0 Å². The van der Waals surface area contributed by atoms with Gasteiger partial charge in [-0.3, -0.25) is 9.59 Å². The van der Waals surface area contributed by atoms with Crippen molar-refractivity contribution in [1.29, 1.82) is 0 Å². The fraction of sp³-hybridized carbons (Fsp3) is 0.273. The Morgan fingerprint density at radius 2 is 1.58 bits per heavy atom. The van der Waals surface area contributed by atoms with Gasteiger partial charge in [0.2, 0.25) is 21.8 Å². The fourth-order valence-electron chi connectivity index (χ4n) is 4.76. The van der Waals surface area contributed by atoms with Crippen molar-refractivity contribution < 1.29 is 22.4 Å². The van der Waals surface area contributed by atoms with Crippen LogP contribution in [-0.4, -0.2) is 37.2 Å². The molecule has 1 atom stereocenters. The lowest BCUT2D eigenvalue weighted by molar-refractivity contribution is -0.141. The molecule has 2 N–H and O–H groups in total. The first-order valence-electron chi connectivity index (χ1n) is 14.3. The summed E-state index contributed by atoms with van der Waals surface area (Å²) in [5, 5.41) is 3.52. The smallest absolute Gasteiger partial charge is 0.243 e. The van der Waals surface area contributed by atoms with E-state index < -0.39 is 16.1 Å². The van der Waals surface area contributed by atoms with Crippen molar-refractivity contribution in [3.63, 3.8) is 0 Å². The summed E-state index contributed by atoms with van der Waals surface area (Å²) in [6.07, 6.45) is 4.11. The number of carbonyl (C=O) groups excluding carboxylic acids is 2. The molecule has 0 spiro atoms. The molecule has 43 heavy (non-hydrogen) atoms. The number of benzene rings is 3. The van der Waals surface area contributed by atoms with Crippen LogP contribution >= 0.6 is 11.6 Å². The molecule has 0 bridgehead atoms. The van der Waals surface area contributed by atoms with Gasteiger partial charge in [-0.1, -0.05) is 66.2 Å². The number of hydrogen-bond donors (Lipinski definition) is 2. The molecule has 0 radical (unpaired) electrons. The number of halogens is 1. The number of sulfonamides is 1. The minimum Gasteiger partial charge on any atom is -0.467 e. The molecule has 4 aromatic rings. The SMILES string of the molecule is O=C(NCc1ccco1)C(Cc1ccccc1)N(Cc1ccc(Cl)cc1)C(=O)CCc1ccc(S(=O)(=O)NC2CC2)cc1. The second kappa shape index (κ2) is 14.0. The zero-order chi connectivity index (χ0) is 30.2. The molecule has 1 unspecified atom stereocenters. The third kappa shape index (κ3) is 8.79.